The van der Waals surface area contributed by atoms with Crippen LogP contribution in [-0.4, -0.2) is 27.1 Å². The molecule has 10 heteroatoms. The summed E-state index contributed by atoms with van der Waals surface area (Å²) in [7, 11) is 0. The summed E-state index contributed by atoms with van der Waals surface area (Å²) in [5.41, 5.74) is -0.415. The second-order valence-corrected chi connectivity index (χ2v) is 8.29. The van der Waals surface area contributed by atoms with Gasteiger partial charge in [0.25, 0.3) is 0 Å². The van der Waals surface area contributed by atoms with Crippen molar-refractivity contribution in [1.82, 2.24) is 14.8 Å². The van der Waals surface area contributed by atoms with Crippen LogP contribution in [0.1, 0.15) is 5.56 Å². The number of hydrogen-bond acceptors (Lipinski definition) is 4. The van der Waals surface area contributed by atoms with Gasteiger partial charge in [-0.1, -0.05) is 59.8 Å². The molecule has 0 saturated carbocycles. The number of hydrogen-bond donors (Lipinski definition) is 0. The third kappa shape index (κ3) is 5.31. The largest absolute Gasteiger partial charge is 0.490 e. The first kappa shape index (κ1) is 23.1. The fourth-order valence-corrected chi connectivity index (χ4v) is 4.10. The third-order valence-electron chi connectivity index (χ3n) is 4.58. The Morgan fingerprint density at radius 2 is 1.70 bits per heavy atom. The minimum Gasteiger partial charge on any atom is -0.490 e. The van der Waals surface area contributed by atoms with Gasteiger partial charge in [0.1, 0.15) is 0 Å². The zero-order valence-electron chi connectivity index (χ0n) is 16.9. The van der Waals surface area contributed by atoms with E-state index in [1.54, 1.807) is 36.4 Å². The molecule has 0 aliphatic heterocycles. The van der Waals surface area contributed by atoms with Gasteiger partial charge in [0.15, 0.2) is 22.5 Å². The van der Waals surface area contributed by atoms with E-state index >= 15 is 0 Å². The molecule has 4 rings (SSSR count). The van der Waals surface area contributed by atoms with E-state index < -0.39 is 17.6 Å². The second-order valence-electron chi connectivity index (χ2n) is 6.79. The Kier molecular flexibility index (Phi) is 6.90. The Bertz CT molecular complexity index is 1260. The summed E-state index contributed by atoms with van der Waals surface area (Å²) in [5.74, 6) is 0.122. The zero-order valence-corrected chi connectivity index (χ0v) is 18.5. The molecule has 3 aromatic carbocycles. The van der Waals surface area contributed by atoms with Crippen LogP contribution in [0, 0.1) is 5.82 Å². The predicted octanol–water partition coefficient (Wildman–Crippen LogP) is 6.92. The minimum absolute atomic E-state index is 0.0987. The Morgan fingerprint density at radius 1 is 0.939 bits per heavy atom. The van der Waals surface area contributed by atoms with Gasteiger partial charge in [-0.15, -0.1) is 10.2 Å². The van der Waals surface area contributed by atoms with E-state index in [-0.39, 0.29) is 29.0 Å². The third-order valence-corrected chi connectivity index (χ3v) is 5.70. The van der Waals surface area contributed by atoms with Crippen LogP contribution in [0.5, 0.6) is 5.75 Å². The van der Waals surface area contributed by atoms with Crippen molar-refractivity contribution in [3.8, 4) is 22.8 Å². The minimum atomic E-state index is -4.58. The highest BCUT2D eigenvalue weighted by molar-refractivity contribution is 7.99. The lowest BCUT2D eigenvalue weighted by molar-refractivity contribution is -0.137. The summed E-state index contributed by atoms with van der Waals surface area (Å²) in [6.45, 7) is 0.117. The van der Waals surface area contributed by atoms with E-state index in [1.165, 1.54) is 34.9 Å². The van der Waals surface area contributed by atoms with E-state index in [0.29, 0.717) is 16.3 Å². The molecule has 4 aromatic rings. The summed E-state index contributed by atoms with van der Waals surface area (Å²) in [6, 6.07) is 17.8. The number of thioether (sulfide) groups is 1. The van der Waals surface area contributed by atoms with Crippen molar-refractivity contribution < 1.29 is 22.3 Å². The molecule has 0 fully saturated rings. The molecule has 0 amide bonds. The molecule has 0 unspecified atom stereocenters. The molecule has 1 aromatic heterocycles. The van der Waals surface area contributed by atoms with Crippen LogP contribution >= 0.6 is 23.4 Å². The fourth-order valence-electron chi connectivity index (χ4n) is 3.15. The van der Waals surface area contributed by atoms with Gasteiger partial charge in [-0.3, -0.25) is 4.57 Å². The van der Waals surface area contributed by atoms with Gasteiger partial charge < -0.3 is 4.74 Å². The number of para-hydroxylation sites is 2. The number of nitrogens with zero attached hydrogens (tertiary/aromatic N) is 3. The molecule has 0 N–H and O–H groups in total. The predicted molar refractivity (Wildman–Crippen MR) is 119 cm³/mol. The Hall–Kier alpha value is -3.04. The number of aromatic nitrogens is 3. The first-order valence-electron chi connectivity index (χ1n) is 9.72. The summed E-state index contributed by atoms with van der Waals surface area (Å²) >= 11 is 7.23. The molecule has 0 aliphatic carbocycles. The van der Waals surface area contributed by atoms with Crippen molar-refractivity contribution in [2.45, 2.75) is 11.3 Å². The van der Waals surface area contributed by atoms with E-state index in [1.807, 2.05) is 0 Å². The number of rotatable bonds is 7. The van der Waals surface area contributed by atoms with E-state index in [4.69, 9.17) is 16.3 Å². The number of benzene rings is 3. The molecule has 0 radical (unpaired) electrons. The number of halogens is 5. The van der Waals surface area contributed by atoms with Crippen molar-refractivity contribution >= 4 is 23.4 Å². The van der Waals surface area contributed by atoms with Gasteiger partial charge in [0.2, 0.25) is 0 Å². The smallest absolute Gasteiger partial charge is 0.418 e. The maximum atomic E-state index is 13.8. The van der Waals surface area contributed by atoms with E-state index in [0.717, 1.165) is 17.8 Å². The SMILES string of the molecule is Fc1ccccc1OCCSc1nnc(-c2cccc(Cl)c2)n1-c1ccccc1C(F)(F)F. The van der Waals surface area contributed by atoms with Crippen molar-refractivity contribution in [2.24, 2.45) is 0 Å². The summed E-state index contributed by atoms with van der Waals surface area (Å²) in [6.07, 6.45) is -4.58. The standard InChI is InChI=1S/C23H16ClF4N3OS/c24-16-7-5-6-15(14-16)21-29-30-22(33-13-12-32-20-11-4-2-9-18(20)25)31(21)19-10-3-1-8-17(19)23(26,27)28/h1-11,14H,12-13H2. The fraction of sp³-hybridized carbons (Fsp3) is 0.130. The molecule has 0 atom stereocenters. The van der Waals surface area contributed by atoms with E-state index in [9.17, 15) is 17.6 Å². The van der Waals surface area contributed by atoms with Crippen LogP contribution < -0.4 is 4.74 Å². The van der Waals surface area contributed by atoms with Crippen LogP contribution in [0.4, 0.5) is 17.6 Å². The van der Waals surface area contributed by atoms with Gasteiger partial charge in [0.05, 0.1) is 17.9 Å². The van der Waals surface area contributed by atoms with Crippen LogP contribution in [0.3, 0.4) is 0 Å². The molecular weight excluding hydrogens is 478 g/mol. The van der Waals surface area contributed by atoms with Crippen molar-refractivity contribution in [2.75, 3.05) is 12.4 Å². The molecule has 0 aliphatic rings. The summed E-state index contributed by atoms with van der Waals surface area (Å²) in [5, 5.41) is 8.91. The number of ether oxygens (including phenoxy) is 1. The monoisotopic (exact) mass is 493 g/mol. The first-order chi connectivity index (χ1) is 15.8. The summed E-state index contributed by atoms with van der Waals surface area (Å²) < 4.78 is 61.8. The average Bonchev–Trinajstić information content (AvgIpc) is 3.21. The van der Waals surface area contributed by atoms with Crippen LogP contribution in [0.15, 0.2) is 78.0 Å². The van der Waals surface area contributed by atoms with Crippen molar-refractivity contribution in [3.05, 3.63) is 89.2 Å². The molecule has 0 saturated heterocycles. The highest BCUT2D eigenvalue weighted by Gasteiger charge is 2.35. The molecule has 170 valence electrons. The second kappa shape index (κ2) is 9.84. The average molecular weight is 494 g/mol. The molecular formula is C23H16ClF4N3OS. The van der Waals surface area contributed by atoms with Crippen LogP contribution in [-0.2, 0) is 6.18 Å². The lowest BCUT2D eigenvalue weighted by atomic mass is 10.1. The first-order valence-corrected chi connectivity index (χ1v) is 11.1. The molecule has 0 spiro atoms. The number of alkyl halides is 3. The van der Waals surface area contributed by atoms with Crippen molar-refractivity contribution in [3.63, 3.8) is 0 Å². The lowest BCUT2D eigenvalue weighted by Gasteiger charge is -2.16. The maximum Gasteiger partial charge on any atom is 0.418 e. The van der Waals surface area contributed by atoms with Gasteiger partial charge in [0, 0.05) is 16.3 Å². The normalized spacial score (nSPS) is 11.5. The molecule has 33 heavy (non-hydrogen) atoms. The van der Waals surface area contributed by atoms with Gasteiger partial charge in [-0.05, 0) is 36.4 Å². The van der Waals surface area contributed by atoms with E-state index in [2.05, 4.69) is 10.2 Å². The Labute approximate surface area is 196 Å². The van der Waals surface area contributed by atoms with Gasteiger partial charge in [-0.25, -0.2) is 4.39 Å². The van der Waals surface area contributed by atoms with Gasteiger partial charge >= 0.3 is 6.18 Å². The highest BCUT2D eigenvalue weighted by atomic mass is 35.5. The van der Waals surface area contributed by atoms with Crippen LogP contribution in [0.2, 0.25) is 5.02 Å². The Balaban J connectivity index is 1.68. The topological polar surface area (TPSA) is 39.9 Å². The van der Waals surface area contributed by atoms with Crippen LogP contribution in [0.25, 0.3) is 17.1 Å². The Morgan fingerprint density at radius 3 is 2.45 bits per heavy atom. The maximum absolute atomic E-state index is 13.8. The lowest BCUT2D eigenvalue weighted by Crippen LogP contribution is -2.12. The van der Waals surface area contributed by atoms with Crippen molar-refractivity contribution in [1.29, 1.82) is 0 Å². The highest BCUT2D eigenvalue weighted by Crippen LogP contribution is 2.37. The van der Waals surface area contributed by atoms with Gasteiger partial charge in [-0.2, -0.15) is 13.2 Å². The zero-order chi connectivity index (χ0) is 23.4. The quantitative estimate of drug-likeness (QED) is 0.159. The summed E-state index contributed by atoms with van der Waals surface area (Å²) in [4.78, 5) is 0. The molecule has 1 heterocycles. The molecule has 4 nitrogen and oxygen atoms in total. The molecule has 0 bridgehead atoms.